The Labute approximate surface area is 122 Å². The van der Waals surface area contributed by atoms with Gasteiger partial charge in [0.2, 0.25) is 5.89 Å². The molecule has 0 spiro atoms. The third-order valence-electron chi connectivity index (χ3n) is 2.68. The van der Waals surface area contributed by atoms with Crippen LogP contribution in [-0.2, 0) is 11.3 Å². The van der Waals surface area contributed by atoms with Crippen LogP contribution in [0.4, 0.5) is 0 Å². The van der Waals surface area contributed by atoms with Gasteiger partial charge in [-0.05, 0) is 25.3 Å². The van der Waals surface area contributed by atoms with Crippen LogP contribution in [0.25, 0.3) is 10.8 Å². The SMILES string of the molecule is CC(C)NC(=O)C[NH+](C)Cc1coc(-c2cccs2)n1. The smallest absolute Gasteiger partial charge is 0.275 e. The van der Waals surface area contributed by atoms with Gasteiger partial charge < -0.3 is 14.6 Å². The van der Waals surface area contributed by atoms with Crippen LogP contribution < -0.4 is 10.2 Å². The molecule has 0 fully saturated rings. The van der Waals surface area contributed by atoms with Crippen molar-refractivity contribution in [3.05, 3.63) is 29.5 Å². The van der Waals surface area contributed by atoms with Gasteiger partial charge in [-0.1, -0.05) is 6.07 Å². The highest BCUT2D eigenvalue weighted by atomic mass is 32.1. The van der Waals surface area contributed by atoms with E-state index in [1.165, 1.54) is 0 Å². The summed E-state index contributed by atoms with van der Waals surface area (Å²) in [6.45, 7) is 5.01. The molecule has 2 rings (SSSR count). The monoisotopic (exact) mass is 294 g/mol. The average Bonchev–Trinajstić information content (AvgIpc) is 2.96. The molecule has 2 N–H and O–H groups in total. The minimum Gasteiger partial charge on any atom is -0.443 e. The van der Waals surface area contributed by atoms with Crippen molar-refractivity contribution >= 4 is 17.2 Å². The van der Waals surface area contributed by atoms with Gasteiger partial charge in [0.25, 0.3) is 5.91 Å². The number of nitrogens with zero attached hydrogens (tertiary/aromatic N) is 1. The summed E-state index contributed by atoms with van der Waals surface area (Å²) in [6, 6.07) is 4.12. The molecular formula is C14H20N3O2S+. The minimum atomic E-state index is 0.0551. The molecule has 1 amide bonds. The number of carbonyl (C=O) groups is 1. The third-order valence-corrected chi connectivity index (χ3v) is 3.54. The fourth-order valence-corrected chi connectivity index (χ4v) is 2.58. The fourth-order valence-electron chi connectivity index (χ4n) is 1.92. The molecule has 2 aromatic rings. The van der Waals surface area contributed by atoms with Crippen molar-refractivity contribution in [1.29, 1.82) is 0 Å². The number of hydrogen-bond donors (Lipinski definition) is 2. The van der Waals surface area contributed by atoms with Gasteiger partial charge in [0, 0.05) is 6.04 Å². The fraction of sp³-hybridized carbons (Fsp3) is 0.429. The number of quaternary nitrogens is 1. The van der Waals surface area contributed by atoms with E-state index in [4.69, 9.17) is 4.42 Å². The minimum absolute atomic E-state index is 0.0551. The summed E-state index contributed by atoms with van der Waals surface area (Å²) in [4.78, 5) is 18.2. The maximum absolute atomic E-state index is 11.7. The summed E-state index contributed by atoms with van der Waals surface area (Å²) in [5.41, 5.74) is 0.864. The largest absolute Gasteiger partial charge is 0.443 e. The molecule has 0 radical (unpaired) electrons. The van der Waals surface area contributed by atoms with Gasteiger partial charge in [0.05, 0.1) is 11.9 Å². The number of likely N-dealkylation sites (N-methyl/N-ethyl adjacent to an activating group) is 1. The molecule has 0 saturated carbocycles. The molecule has 0 aliphatic carbocycles. The molecule has 1 unspecified atom stereocenters. The molecule has 108 valence electrons. The molecule has 2 aromatic heterocycles. The summed E-state index contributed by atoms with van der Waals surface area (Å²) >= 11 is 1.60. The molecule has 0 aliphatic heterocycles. The molecule has 0 aliphatic rings. The van der Waals surface area contributed by atoms with E-state index < -0.39 is 0 Å². The second kappa shape index (κ2) is 6.67. The van der Waals surface area contributed by atoms with E-state index >= 15 is 0 Å². The third kappa shape index (κ3) is 4.18. The summed E-state index contributed by atoms with van der Waals surface area (Å²) in [6.07, 6.45) is 1.67. The topological polar surface area (TPSA) is 59.6 Å². The van der Waals surface area contributed by atoms with E-state index in [0.29, 0.717) is 19.0 Å². The number of rotatable bonds is 6. The van der Waals surface area contributed by atoms with E-state index in [9.17, 15) is 4.79 Å². The number of oxazole rings is 1. The maximum atomic E-state index is 11.7. The molecule has 0 aromatic carbocycles. The van der Waals surface area contributed by atoms with Crippen molar-refractivity contribution in [3.8, 4) is 10.8 Å². The van der Waals surface area contributed by atoms with Crippen molar-refractivity contribution in [2.24, 2.45) is 0 Å². The van der Waals surface area contributed by atoms with Gasteiger partial charge in [-0.3, -0.25) is 4.79 Å². The van der Waals surface area contributed by atoms with Gasteiger partial charge in [-0.15, -0.1) is 11.3 Å². The first-order valence-electron chi connectivity index (χ1n) is 6.63. The van der Waals surface area contributed by atoms with Gasteiger partial charge in [-0.2, -0.15) is 0 Å². The molecule has 6 heteroatoms. The predicted octanol–water partition coefficient (Wildman–Crippen LogP) is 0.942. The first-order chi connectivity index (χ1) is 9.54. The summed E-state index contributed by atoms with van der Waals surface area (Å²) in [7, 11) is 1.97. The second-order valence-corrected chi connectivity index (χ2v) is 6.10. The van der Waals surface area contributed by atoms with Gasteiger partial charge in [0.1, 0.15) is 18.5 Å². The molecule has 2 heterocycles. The van der Waals surface area contributed by atoms with Crippen molar-refractivity contribution in [2.45, 2.75) is 26.4 Å². The highest BCUT2D eigenvalue weighted by Gasteiger charge is 2.14. The summed E-state index contributed by atoms with van der Waals surface area (Å²) < 4.78 is 5.46. The van der Waals surface area contributed by atoms with E-state index in [1.54, 1.807) is 17.6 Å². The summed E-state index contributed by atoms with van der Waals surface area (Å²) in [5, 5.41) is 4.88. The highest BCUT2D eigenvalue weighted by molar-refractivity contribution is 7.13. The number of hydrogen-bond acceptors (Lipinski definition) is 4. The van der Waals surface area contributed by atoms with Gasteiger partial charge in [-0.25, -0.2) is 4.98 Å². The lowest BCUT2D eigenvalue weighted by atomic mass is 10.3. The zero-order valence-corrected chi connectivity index (χ0v) is 12.8. The Morgan fingerprint density at radius 3 is 3.00 bits per heavy atom. The average molecular weight is 294 g/mol. The number of nitrogens with one attached hydrogen (secondary N) is 2. The van der Waals surface area contributed by atoms with Crippen LogP contribution in [0.1, 0.15) is 19.5 Å². The van der Waals surface area contributed by atoms with E-state index in [2.05, 4.69) is 10.3 Å². The lowest BCUT2D eigenvalue weighted by molar-refractivity contribution is -0.885. The van der Waals surface area contributed by atoms with Crippen molar-refractivity contribution in [3.63, 3.8) is 0 Å². The van der Waals surface area contributed by atoms with Crippen LogP contribution in [0.3, 0.4) is 0 Å². The normalized spacial score (nSPS) is 12.6. The Bertz CT molecular complexity index is 549. The molecule has 1 atom stereocenters. The van der Waals surface area contributed by atoms with E-state index in [-0.39, 0.29) is 11.9 Å². The first-order valence-corrected chi connectivity index (χ1v) is 7.51. The maximum Gasteiger partial charge on any atom is 0.275 e. The van der Waals surface area contributed by atoms with Crippen molar-refractivity contribution in [2.75, 3.05) is 13.6 Å². The molecular weight excluding hydrogens is 274 g/mol. The van der Waals surface area contributed by atoms with Gasteiger partial charge in [0.15, 0.2) is 6.54 Å². The molecule has 5 nitrogen and oxygen atoms in total. The Balaban J connectivity index is 1.89. The van der Waals surface area contributed by atoms with E-state index in [0.717, 1.165) is 15.5 Å². The Morgan fingerprint density at radius 1 is 1.55 bits per heavy atom. The van der Waals surface area contributed by atoms with E-state index in [1.807, 2.05) is 38.4 Å². The number of thiophene rings is 1. The highest BCUT2D eigenvalue weighted by Crippen LogP contribution is 2.23. The first kappa shape index (κ1) is 14.7. The zero-order chi connectivity index (χ0) is 14.5. The second-order valence-electron chi connectivity index (χ2n) is 5.15. The summed E-state index contributed by atoms with van der Waals surface area (Å²) in [5.74, 6) is 0.703. The van der Waals surface area contributed by atoms with Crippen LogP contribution >= 0.6 is 11.3 Å². The van der Waals surface area contributed by atoms with Gasteiger partial charge >= 0.3 is 0 Å². The van der Waals surface area contributed by atoms with Crippen LogP contribution in [-0.4, -0.2) is 30.5 Å². The molecule has 0 bridgehead atoms. The zero-order valence-electron chi connectivity index (χ0n) is 12.0. The molecule has 0 saturated heterocycles. The van der Waals surface area contributed by atoms with Crippen LogP contribution in [0, 0.1) is 0 Å². The molecule has 20 heavy (non-hydrogen) atoms. The standard InChI is InChI=1S/C14H19N3O2S/c1-10(2)15-13(18)8-17(3)7-11-9-19-14(16-11)12-5-4-6-20-12/h4-6,9-10H,7-8H2,1-3H3,(H,15,18)/p+1. The quantitative estimate of drug-likeness (QED) is 0.834. The lowest BCUT2D eigenvalue weighted by Gasteiger charge is -2.13. The Morgan fingerprint density at radius 2 is 2.35 bits per heavy atom. The van der Waals surface area contributed by atoms with Crippen LogP contribution in [0.2, 0.25) is 0 Å². The Kier molecular flexibility index (Phi) is 4.92. The number of carbonyl (C=O) groups excluding carboxylic acids is 1. The van der Waals surface area contributed by atoms with Crippen molar-refractivity contribution < 1.29 is 14.1 Å². The van der Waals surface area contributed by atoms with Crippen molar-refractivity contribution in [1.82, 2.24) is 10.3 Å². The predicted molar refractivity (Wildman–Crippen MR) is 78.6 cm³/mol. The Hall–Kier alpha value is -1.66. The number of amides is 1. The van der Waals surface area contributed by atoms with Crippen LogP contribution in [0.15, 0.2) is 28.2 Å². The van der Waals surface area contributed by atoms with Crippen LogP contribution in [0.5, 0.6) is 0 Å². The number of aromatic nitrogens is 1. The lowest BCUT2D eigenvalue weighted by Crippen LogP contribution is -3.09.